The van der Waals surface area contributed by atoms with Crippen molar-refractivity contribution in [2.75, 3.05) is 26.1 Å². The number of rotatable bonds is 9. The summed E-state index contributed by atoms with van der Waals surface area (Å²) in [4.78, 5) is 21.1. The first-order valence-corrected chi connectivity index (χ1v) is 14.0. The van der Waals surface area contributed by atoms with Crippen LogP contribution in [-0.2, 0) is 9.53 Å². The number of benzene rings is 2. The van der Waals surface area contributed by atoms with Gasteiger partial charge in [0.25, 0.3) is 5.91 Å². The smallest absolute Gasteiger partial charge is 0.252 e. The fourth-order valence-corrected chi connectivity index (χ4v) is 5.47. The highest BCUT2D eigenvalue weighted by atomic mass is 35.5. The summed E-state index contributed by atoms with van der Waals surface area (Å²) in [6.45, 7) is 6.61. The fourth-order valence-electron chi connectivity index (χ4n) is 5.02. The van der Waals surface area contributed by atoms with Crippen molar-refractivity contribution in [1.29, 1.82) is 0 Å². The molecule has 4 rings (SSSR count). The van der Waals surface area contributed by atoms with Gasteiger partial charge in [-0.15, -0.1) is 0 Å². The average molecular weight is 587 g/mol. The maximum Gasteiger partial charge on any atom is 0.252 e. The number of carbonyl (C=O) groups is 1. The topological polar surface area (TPSA) is 104 Å². The Morgan fingerprint density at radius 1 is 1.10 bits per heavy atom. The molecule has 9 nitrogen and oxygen atoms in total. The van der Waals surface area contributed by atoms with Gasteiger partial charge in [-0.05, 0) is 67.1 Å². The molecule has 0 aliphatic heterocycles. The molecule has 1 saturated carbocycles. The summed E-state index contributed by atoms with van der Waals surface area (Å²) in [5, 5.41) is 6.77. The predicted octanol–water partition coefficient (Wildman–Crippen LogP) is 6.38. The summed E-state index contributed by atoms with van der Waals surface area (Å²) < 4.78 is 22.8. The Balaban J connectivity index is 1.36. The van der Waals surface area contributed by atoms with Crippen LogP contribution in [0, 0.1) is 17.8 Å². The number of ether oxygens (including phenoxy) is 4. The van der Waals surface area contributed by atoms with Gasteiger partial charge in [-0.25, -0.2) is 9.97 Å². The standard InChI is InChI=1S/C29H35ClN4O5S/c1-16(2)19-8-6-17(3)10-24(19)38-14-27(35)34-29(40)33-18-7-9-23(21(30)11-18)39-28-20-12-25(36-4)26(37-5)13-22(20)31-15-32-28/h7,9,11-13,15-17,19,24H,6,8,10,14H2,1-5H3,(H2,33,34,35,40)/t17-,19+,24-/m1/s1. The molecule has 40 heavy (non-hydrogen) atoms. The third-order valence-corrected chi connectivity index (χ3v) is 7.64. The Hall–Kier alpha value is -3.21. The molecular weight excluding hydrogens is 552 g/mol. The van der Waals surface area contributed by atoms with Crippen molar-refractivity contribution in [2.45, 2.75) is 46.1 Å². The molecule has 2 N–H and O–H groups in total. The van der Waals surface area contributed by atoms with Gasteiger partial charge in [-0.3, -0.25) is 4.79 Å². The highest BCUT2D eigenvalue weighted by Crippen LogP contribution is 2.38. The van der Waals surface area contributed by atoms with Crippen LogP contribution in [0.2, 0.25) is 5.02 Å². The molecule has 0 spiro atoms. The summed E-state index contributed by atoms with van der Waals surface area (Å²) in [7, 11) is 3.11. The Morgan fingerprint density at radius 3 is 2.55 bits per heavy atom. The zero-order valence-corrected chi connectivity index (χ0v) is 24.9. The summed E-state index contributed by atoms with van der Waals surface area (Å²) in [5.74, 6) is 3.03. The van der Waals surface area contributed by atoms with Crippen LogP contribution in [0.1, 0.15) is 40.0 Å². The van der Waals surface area contributed by atoms with Gasteiger partial charge in [0.2, 0.25) is 5.88 Å². The van der Waals surface area contributed by atoms with Gasteiger partial charge in [0.05, 0.1) is 36.2 Å². The largest absolute Gasteiger partial charge is 0.493 e. The zero-order valence-electron chi connectivity index (χ0n) is 23.3. The van der Waals surface area contributed by atoms with Gasteiger partial charge in [-0.1, -0.05) is 38.8 Å². The Morgan fingerprint density at radius 2 is 1.85 bits per heavy atom. The number of fused-ring (bicyclic) bond motifs is 1. The Bertz CT molecular complexity index is 1370. The summed E-state index contributed by atoms with van der Waals surface area (Å²) in [5.41, 5.74) is 1.21. The van der Waals surface area contributed by atoms with E-state index in [0.29, 0.717) is 62.5 Å². The van der Waals surface area contributed by atoms with E-state index < -0.39 is 0 Å². The molecule has 0 saturated heterocycles. The van der Waals surface area contributed by atoms with Gasteiger partial charge in [0, 0.05) is 11.8 Å². The summed E-state index contributed by atoms with van der Waals surface area (Å²) in [6.07, 6.45) is 4.78. The molecule has 1 heterocycles. The van der Waals surface area contributed by atoms with Crippen LogP contribution in [0.25, 0.3) is 10.9 Å². The molecule has 1 amide bonds. The maximum atomic E-state index is 12.5. The predicted molar refractivity (Wildman–Crippen MR) is 160 cm³/mol. The normalized spacial score (nSPS) is 18.8. The highest BCUT2D eigenvalue weighted by Gasteiger charge is 2.31. The van der Waals surface area contributed by atoms with E-state index in [4.69, 9.17) is 42.8 Å². The van der Waals surface area contributed by atoms with E-state index in [1.165, 1.54) is 12.7 Å². The van der Waals surface area contributed by atoms with Crippen molar-refractivity contribution >= 4 is 51.4 Å². The van der Waals surface area contributed by atoms with Crippen LogP contribution in [0.4, 0.5) is 5.69 Å². The van der Waals surface area contributed by atoms with E-state index in [1.807, 2.05) is 0 Å². The van der Waals surface area contributed by atoms with E-state index in [9.17, 15) is 4.79 Å². The first-order valence-electron chi connectivity index (χ1n) is 13.2. The first kappa shape index (κ1) is 29.8. The zero-order chi connectivity index (χ0) is 28.8. The number of aromatic nitrogens is 2. The van der Waals surface area contributed by atoms with Crippen LogP contribution in [0.15, 0.2) is 36.7 Å². The molecule has 214 valence electrons. The minimum atomic E-state index is -0.299. The lowest BCUT2D eigenvalue weighted by molar-refractivity contribution is -0.129. The molecule has 3 aromatic rings. The molecule has 1 fully saturated rings. The molecule has 11 heteroatoms. The average Bonchev–Trinajstić information content (AvgIpc) is 2.92. The quantitative estimate of drug-likeness (QED) is 0.276. The molecule has 1 aliphatic carbocycles. The molecular formula is C29H35ClN4O5S. The molecule has 1 aromatic heterocycles. The minimum Gasteiger partial charge on any atom is -0.493 e. The second kappa shape index (κ2) is 13.4. The van der Waals surface area contributed by atoms with E-state index in [1.54, 1.807) is 44.6 Å². The van der Waals surface area contributed by atoms with Crippen molar-refractivity contribution in [3.63, 3.8) is 0 Å². The van der Waals surface area contributed by atoms with Crippen molar-refractivity contribution in [2.24, 2.45) is 17.8 Å². The summed E-state index contributed by atoms with van der Waals surface area (Å²) in [6, 6.07) is 8.56. The number of carbonyl (C=O) groups excluding carboxylic acids is 1. The van der Waals surface area contributed by atoms with E-state index >= 15 is 0 Å². The number of halogens is 1. The van der Waals surface area contributed by atoms with Crippen LogP contribution in [-0.4, -0.2) is 47.9 Å². The molecule has 3 atom stereocenters. The minimum absolute atomic E-state index is 0.0422. The lowest BCUT2D eigenvalue weighted by Gasteiger charge is -2.37. The lowest BCUT2D eigenvalue weighted by atomic mass is 9.75. The van der Waals surface area contributed by atoms with Gasteiger partial charge in [0.15, 0.2) is 16.6 Å². The number of anilines is 1. The monoisotopic (exact) mass is 586 g/mol. The number of nitrogens with zero attached hydrogens (tertiary/aromatic N) is 2. The van der Waals surface area contributed by atoms with Crippen LogP contribution in [0.5, 0.6) is 23.1 Å². The Kier molecular flexibility index (Phi) is 9.99. The van der Waals surface area contributed by atoms with Crippen LogP contribution >= 0.6 is 23.8 Å². The molecule has 1 aliphatic rings. The lowest BCUT2D eigenvalue weighted by Crippen LogP contribution is -2.40. The highest BCUT2D eigenvalue weighted by molar-refractivity contribution is 7.80. The Labute approximate surface area is 244 Å². The number of methoxy groups -OCH3 is 2. The summed E-state index contributed by atoms with van der Waals surface area (Å²) >= 11 is 11.8. The van der Waals surface area contributed by atoms with E-state index in [0.717, 1.165) is 12.8 Å². The number of nitrogens with one attached hydrogen (secondary N) is 2. The van der Waals surface area contributed by atoms with Crippen molar-refractivity contribution in [1.82, 2.24) is 15.3 Å². The van der Waals surface area contributed by atoms with Crippen LogP contribution in [0.3, 0.4) is 0 Å². The van der Waals surface area contributed by atoms with Gasteiger partial charge >= 0.3 is 0 Å². The van der Waals surface area contributed by atoms with E-state index in [2.05, 4.69) is 41.4 Å². The van der Waals surface area contributed by atoms with Gasteiger partial charge in [0.1, 0.15) is 18.7 Å². The van der Waals surface area contributed by atoms with Crippen molar-refractivity contribution in [3.05, 3.63) is 41.7 Å². The third kappa shape index (κ3) is 7.30. The first-order chi connectivity index (χ1) is 19.2. The maximum absolute atomic E-state index is 12.5. The van der Waals surface area contributed by atoms with Crippen molar-refractivity contribution in [3.8, 4) is 23.1 Å². The molecule has 0 radical (unpaired) electrons. The third-order valence-electron chi connectivity index (χ3n) is 7.14. The second-order valence-electron chi connectivity index (χ2n) is 10.3. The van der Waals surface area contributed by atoms with Gasteiger partial charge in [-0.2, -0.15) is 0 Å². The number of hydrogen-bond acceptors (Lipinski definition) is 8. The molecule has 2 aromatic carbocycles. The van der Waals surface area contributed by atoms with Crippen molar-refractivity contribution < 1.29 is 23.7 Å². The number of thiocarbonyl (C=S) groups is 1. The molecule has 0 bridgehead atoms. The molecule has 0 unspecified atom stereocenters. The van der Waals surface area contributed by atoms with Crippen LogP contribution < -0.4 is 24.8 Å². The SMILES string of the molecule is COc1cc2ncnc(Oc3ccc(NC(=S)NC(=O)CO[C@@H]4C[C@H](C)CC[C@H]4C(C)C)cc3Cl)c2cc1OC. The van der Waals surface area contributed by atoms with E-state index in [-0.39, 0.29) is 23.7 Å². The number of amides is 1. The van der Waals surface area contributed by atoms with Gasteiger partial charge < -0.3 is 29.6 Å². The second-order valence-corrected chi connectivity index (χ2v) is 11.1. The number of hydrogen-bond donors (Lipinski definition) is 2. The fraction of sp³-hybridized carbons (Fsp3) is 0.448.